The fourth-order valence-electron chi connectivity index (χ4n) is 1.51. The van der Waals surface area contributed by atoms with Crippen LogP contribution in [0.25, 0.3) is 0 Å². The lowest BCUT2D eigenvalue weighted by Gasteiger charge is -2.16. The van der Waals surface area contributed by atoms with Crippen LogP contribution in [0.2, 0.25) is 10.0 Å². The van der Waals surface area contributed by atoms with Gasteiger partial charge in [-0.3, -0.25) is 4.98 Å². The quantitative estimate of drug-likeness (QED) is 0.856. The Morgan fingerprint density at radius 3 is 2.81 bits per heavy atom. The summed E-state index contributed by atoms with van der Waals surface area (Å²) < 4.78 is 5.13. The van der Waals surface area contributed by atoms with E-state index in [1.807, 2.05) is 0 Å². The minimum Gasteiger partial charge on any atom is -0.383 e. The summed E-state index contributed by atoms with van der Waals surface area (Å²) in [6, 6.07) is 1.93. The molecule has 90 valence electrons. The first-order valence-corrected chi connectivity index (χ1v) is 5.95. The second-order valence-electron chi connectivity index (χ2n) is 3.50. The number of likely N-dealkylation sites (N-methyl/N-ethyl adjacent to an activating group) is 1. The molecule has 0 saturated heterocycles. The number of hydrogen-bond acceptors (Lipinski definition) is 3. The second kappa shape index (κ2) is 7.07. The van der Waals surface area contributed by atoms with Crippen LogP contribution in [0.1, 0.15) is 12.6 Å². The van der Waals surface area contributed by atoms with Gasteiger partial charge in [0.25, 0.3) is 0 Å². The maximum absolute atomic E-state index is 6.06. The van der Waals surface area contributed by atoms with E-state index in [-0.39, 0.29) is 6.04 Å². The molecule has 0 fully saturated rings. The van der Waals surface area contributed by atoms with Crippen molar-refractivity contribution in [3.8, 4) is 0 Å². The van der Waals surface area contributed by atoms with E-state index in [1.165, 1.54) is 0 Å². The van der Waals surface area contributed by atoms with Crippen molar-refractivity contribution >= 4 is 23.2 Å². The number of rotatable bonds is 6. The van der Waals surface area contributed by atoms with Crippen LogP contribution < -0.4 is 5.32 Å². The first-order chi connectivity index (χ1) is 7.67. The zero-order valence-electron chi connectivity index (χ0n) is 9.46. The summed E-state index contributed by atoms with van der Waals surface area (Å²) in [5, 5.41) is 4.48. The van der Waals surface area contributed by atoms with Crippen LogP contribution in [0.4, 0.5) is 0 Å². The number of halogens is 2. The molecule has 1 atom stereocenters. The van der Waals surface area contributed by atoms with E-state index in [1.54, 1.807) is 19.4 Å². The van der Waals surface area contributed by atoms with Gasteiger partial charge in [0.2, 0.25) is 0 Å². The lowest BCUT2D eigenvalue weighted by molar-refractivity contribution is 0.166. The second-order valence-corrected chi connectivity index (χ2v) is 4.34. The lowest BCUT2D eigenvalue weighted by atomic mass is 10.1. The molecule has 1 rings (SSSR count). The van der Waals surface area contributed by atoms with Crippen molar-refractivity contribution in [1.82, 2.24) is 10.3 Å². The number of pyridine rings is 1. The van der Waals surface area contributed by atoms with Crippen LogP contribution in [0.3, 0.4) is 0 Å². The summed E-state index contributed by atoms with van der Waals surface area (Å²) >= 11 is 11.8. The Morgan fingerprint density at radius 1 is 1.50 bits per heavy atom. The average Bonchev–Trinajstić information content (AvgIpc) is 2.23. The van der Waals surface area contributed by atoms with Crippen LogP contribution in [0.5, 0.6) is 0 Å². The van der Waals surface area contributed by atoms with Crippen molar-refractivity contribution < 1.29 is 4.74 Å². The Bertz CT molecular complexity index is 328. The number of aromatic nitrogens is 1. The highest BCUT2D eigenvalue weighted by atomic mass is 35.5. The van der Waals surface area contributed by atoms with Gasteiger partial charge in [0.15, 0.2) is 0 Å². The van der Waals surface area contributed by atoms with Crippen molar-refractivity contribution in [2.75, 3.05) is 20.3 Å². The van der Waals surface area contributed by atoms with Gasteiger partial charge < -0.3 is 10.1 Å². The summed E-state index contributed by atoms with van der Waals surface area (Å²) in [5.74, 6) is 0. The molecule has 0 spiro atoms. The van der Waals surface area contributed by atoms with Gasteiger partial charge in [-0.05, 0) is 12.6 Å². The predicted molar refractivity (Wildman–Crippen MR) is 67.3 cm³/mol. The molecule has 0 bridgehead atoms. The molecular weight excluding hydrogens is 247 g/mol. The largest absolute Gasteiger partial charge is 0.383 e. The number of methoxy groups -OCH3 is 1. The number of hydrogen-bond donors (Lipinski definition) is 1. The maximum atomic E-state index is 6.06. The first-order valence-electron chi connectivity index (χ1n) is 5.19. The monoisotopic (exact) mass is 262 g/mol. The van der Waals surface area contributed by atoms with Crippen molar-refractivity contribution in [3.05, 3.63) is 28.0 Å². The van der Waals surface area contributed by atoms with Crippen LogP contribution in [-0.4, -0.2) is 31.3 Å². The van der Waals surface area contributed by atoms with Crippen molar-refractivity contribution in [2.45, 2.75) is 19.4 Å². The van der Waals surface area contributed by atoms with Gasteiger partial charge in [0.1, 0.15) is 0 Å². The molecule has 0 aromatic carbocycles. The SMILES string of the molecule is CCNC(COC)Cc1ncc(Cl)cc1Cl. The van der Waals surface area contributed by atoms with Crippen LogP contribution in [0.15, 0.2) is 12.3 Å². The van der Waals surface area contributed by atoms with Gasteiger partial charge in [-0.15, -0.1) is 0 Å². The highest BCUT2D eigenvalue weighted by molar-refractivity contribution is 6.34. The molecule has 0 amide bonds. The van der Waals surface area contributed by atoms with Gasteiger partial charge >= 0.3 is 0 Å². The Kier molecular flexibility index (Phi) is 6.06. The molecular formula is C11H16Cl2N2O. The van der Waals surface area contributed by atoms with Crippen LogP contribution in [-0.2, 0) is 11.2 Å². The van der Waals surface area contributed by atoms with Crippen molar-refractivity contribution in [2.24, 2.45) is 0 Å². The minimum absolute atomic E-state index is 0.223. The van der Waals surface area contributed by atoms with Crippen molar-refractivity contribution in [1.29, 1.82) is 0 Å². The molecule has 1 aromatic heterocycles. The molecule has 0 aliphatic rings. The van der Waals surface area contributed by atoms with E-state index < -0.39 is 0 Å². The van der Waals surface area contributed by atoms with Gasteiger partial charge in [0, 0.05) is 25.8 Å². The number of nitrogens with zero attached hydrogens (tertiary/aromatic N) is 1. The third-order valence-electron chi connectivity index (χ3n) is 2.18. The summed E-state index contributed by atoms with van der Waals surface area (Å²) in [4.78, 5) is 4.22. The van der Waals surface area contributed by atoms with E-state index in [0.29, 0.717) is 16.7 Å². The minimum atomic E-state index is 0.223. The smallest absolute Gasteiger partial charge is 0.0636 e. The fraction of sp³-hybridized carbons (Fsp3) is 0.545. The zero-order valence-corrected chi connectivity index (χ0v) is 11.0. The number of ether oxygens (including phenoxy) is 1. The Labute approximate surface area is 106 Å². The molecule has 1 heterocycles. The van der Waals surface area contributed by atoms with E-state index in [9.17, 15) is 0 Å². The lowest BCUT2D eigenvalue weighted by Crippen LogP contribution is -2.35. The van der Waals surface area contributed by atoms with E-state index in [4.69, 9.17) is 27.9 Å². The standard InChI is InChI=1S/C11H16Cl2N2O/c1-3-14-9(7-16-2)5-11-10(13)4-8(12)6-15-11/h4,6,9,14H,3,5,7H2,1-2H3. The van der Waals surface area contributed by atoms with E-state index >= 15 is 0 Å². The van der Waals surface area contributed by atoms with Gasteiger partial charge in [-0.1, -0.05) is 30.1 Å². The highest BCUT2D eigenvalue weighted by Gasteiger charge is 2.11. The molecule has 1 aromatic rings. The summed E-state index contributed by atoms with van der Waals surface area (Å²) in [6.45, 7) is 3.58. The molecule has 5 heteroatoms. The maximum Gasteiger partial charge on any atom is 0.0636 e. The van der Waals surface area contributed by atoms with Gasteiger partial charge in [-0.25, -0.2) is 0 Å². The molecule has 1 unspecified atom stereocenters. The van der Waals surface area contributed by atoms with Crippen LogP contribution in [0, 0.1) is 0 Å². The molecule has 0 radical (unpaired) electrons. The summed E-state index contributed by atoms with van der Waals surface area (Å²) in [7, 11) is 1.68. The van der Waals surface area contributed by atoms with E-state index in [2.05, 4.69) is 17.2 Å². The fourth-order valence-corrected chi connectivity index (χ4v) is 1.96. The summed E-state index contributed by atoms with van der Waals surface area (Å²) in [5.41, 5.74) is 0.842. The Morgan fingerprint density at radius 2 is 2.25 bits per heavy atom. The predicted octanol–water partition coefficient (Wildman–Crippen LogP) is 2.56. The molecule has 1 N–H and O–H groups in total. The third-order valence-corrected chi connectivity index (χ3v) is 2.72. The topological polar surface area (TPSA) is 34.1 Å². The van der Waals surface area contributed by atoms with Crippen molar-refractivity contribution in [3.63, 3.8) is 0 Å². The first kappa shape index (κ1) is 13.7. The van der Waals surface area contributed by atoms with Crippen LogP contribution >= 0.6 is 23.2 Å². The number of nitrogens with one attached hydrogen (secondary N) is 1. The van der Waals surface area contributed by atoms with Gasteiger partial charge in [0.05, 0.1) is 22.3 Å². The molecule has 16 heavy (non-hydrogen) atoms. The normalized spacial score (nSPS) is 12.8. The molecule has 0 aliphatic carbocycles. The highest BCUT2D eigenvalue weighted by Crippen LogP contribution is 2.19. The summed E-state index contributed by atoms with van der Waals surface area (Å²) in [6.07, 6.45) is 2.34. The Hall–Kier alpha value is -0.350. The zero-order chi connectivity index (χ0) is 12.0. The van der Waals surface area contributed by atoms with Gasteiger partial charge in [-0.2, -0.15) is 0 Å². The molecule has 0 saturated carbocycles. The average molecular weight is 263 g/mol. The third kappa shape index (κ3) is 4.26. The molecule has 0 aliphatic heterocycles. The molecule has 3 nitrogen and oxygen atoms in total. The van der Waals surface area contributed by atoms with E-state index in [0.717, 1.165) is 18.7 Å². The Balaban J connectivity index is 2.68.